The van der Waals surface area contributed by atoms with E-state index in [1.165, 1.54) is 33.4 Å². The van der Waals surface area contributed by atoms with Crippen LogP contribution in [0.15, 0.2) is 6.07 Å². The molecule has 0 spiro atoms. The van der Waals surface area contributed by atoms with Crippen molar-refractivity contribution in [3.05, 3.63) is 44.6 Å². The fourth-order valence-electron chi connectivity index (χ4n) is 2.84. The fourth-order valence-corrected chi connectivity index (χ4v) is 2.98. The van der Waals surface area contributed by atoms with Crippen LogP contribution in [0.4, 0.5) is 5.82 Å². The third-order valence-electron chi connectivity index (χ3n) is 4.52. The van der Waals surface area contributed by atoms with Crippen LogP contribution >= 0.6 is 11.6 Å². The molecule has 1 heterocycles. The average Bonchev–Trinajstić information content (AvgIpc) is 2.47. The van der Waals surface area contributed by atoms with Crippen LogP contribution in [-0.2, 0) is 0 Å². The van der Waals surface area contributed by atoms with Gasteiger partial charge >= 0.3 is 0 Å². The number of benzene rings is 1. The summed E-state index contributed by atoms with van der Waals surface area (Å²) in [7, 11) is 0. The number of ether oxygens (including phenoxy) is 1. The number of nitrogens with two attached hydrogens (primary N) is 1. The Bertz CT molecular complexity index is 699. The molecule has 2 aromatic rings. The third kappa shape index (κ3) is 2.88. The number of nitrogens with zero attached hydrogens (tertiary/aromatic N) is 2. The zero-order valence-corrected chi connectivity index (χ0v) is 14.7. The summed E-state index contributed by atoms with van der Waals surface area (Å²) < 4.78 is 6.01. The maximum Gasteiger partial charge on any atom is 0.188 e. The van der Waals surface area contributed by atoms with Gasteiger partial charge in [-0.05, 0) is 74.9 Å². The monoisotopic (exact) mass is 319 g/mol. The molecule has 0 radical (unpaired) electrons. The molecule has 0 amide bonds. The molecular weight excluding hydrogens is 298 g/mol. The molecule has 0 saturated heterocycles. The van der Waals surface area contributed by atoms with Crippen LogP contribution < -0.4 is 10.5 Å². The van der Waals surface area contributed by atoms with Crippen molar-refractivity contribution in [1.82, 2.24) is 10.2 Å². The zero-order valence-electron chi connectivity index (χ0n) is 13.9. The first-order valence-electron chi connectivity index (χ1n) is 7.26. The summed E-state index contributed by atoms with van der Waals surface area (Å²) >= 11 is 5.87. The molecule has 2 N–H and O–H groups in total. The van der Waals surface area contributed by atoms with Gasteiger partial charge in [0.05, 0.1) is 0 Å². The topological polar surface area (TPSA) is 61.0 Å². The Kier molecular flexibility index (Phi) is 4.61. The lowest BCUT2D eigenvalue weighted by Gasteiger charge is -2.24. The van der Waals surface area contributed by atoms with E-state index < -0.39 is 0 Å². The number of hydrogen-bond donors (Lipinski definition) is 1. The van der Waals surface area contributed by atoms with Crippen LogP contribution in [-0.4, -0.2) is 10.2 Å². The van der Waals surface area contributed by atoms with Gasteiger partial charge in [-0.3, -0.25) is 0 Å². The number of nitrogen functional groups attached to an aromatic ring is 1. The van der Waals surface area contributed by atoms with E-state index in [-0.39, 0.29) is 17.1 Å². The quantitative estimate of drug-likeness (QED) is 0.911. The van der Waals surface area contributed by atoms with Gasteiger partial charge in [0.2, 0.25) is 0 Å². The predicted octanol–water partition coefficient (Wildman–Crippen LogP) is 4.39. The van der Waals surface area contributed by atoms with Crippen LogP contribution in [0.2, 0.25) is 5.15 Å². The van der Waals surface area contributed by atoms with Crippen molar-refractivity contribution < 1.29 is 4.74 Å². The average molecular weight is 320 g/mol. The van der Waals surface area contributed by atoms with Gasteiger partial charge < -0.3 is 10.5 Å². The molecule has 0 saturated carbocycles. The number of rotatable bonds is 3. The van der Waals surface area contributed by atoms with Gasteiger partial charge in [0, 0.05) is 6.07 Å². The highest BCUT2D eigenvalue weighted by Gasteiger charge is 2.19. The van der Waals surface area contributed by atoms with Crippen LogP contribution in [0.3, 0.4) is 0 Å². The molecule has 118 valence electrons. The minimum atomic E-state index is -0.152. The summed E-state index contributed by atoms with van der Waals surface area (Å²) in [6.45, 7) is 12.7. The summed E-state index contributed by atoms with van der Waals surface area (Å²) in [5.41, 5.74) is 13.4. The molecule has 5 heteroatoms. The van der Waals surface area contributed by atoms with Gasteiger partial charge in [0.25, 0.3) is 0 Å². The van der Waals surface area contributed by atoms with Crippen molar-refractivity contribution in [2.24, 2.45) is 0 Å². The maximum atomic E-state index is 6.01. The molecule has 1 unspecified atom stereocenters. The first-order valence-corrected chi connectivity index (χ1v) is 7.64. The van der Waals surface area contributed by atoms with Crippen LogP contribution in [0, 0.1) is 34.6 Å². The molecule has 0 aliphatic heterocycles. The minimum absolute atomic E-state index is 0.152. The van der Waals surface area contributed by atoms with E-state index in [9.17, 15) is 0 Å². The second-order valence-corrected chi connectivity index (χ2v) is 6.10. The van der Waals surface area contributed by atoms with Crippen LogP contribution in [0.25, 0.3) is 0 Å². The first kappa shape index (κ1) is 16.6. The summed E-state index contributed by atoms with van der Waals surface area (Å²) in [6.07, 6.45) is -0.152. The molecule has 1 aromatic heterocycles. The number of anilines is 1. The Hall–Kier alpha value is -1.81. The lowest BCUT2D eigenvalue weighted by molar-refractivity contribution is 0.225. The highest BCUT2D eigenvalue weighted by atomic mass is 35.5. The van der Waals surface area contributed by atoms with Gasteiger partial charge in [-0.25, -0.2) is 0 Å². The number of halogens is 1. The van der Waals surface area contributed by atoms with Crippen molar-refractivity contribution in [1.29, 1.82) is 0 Å². The highest BCUT2D eigenvalue weighted by Crippen LogP contribution is 2.34. The lowest BCUT2D eigenvalue weighted by Crippen LogP contribution is -2.12. The second kappa shape index (κ2) is 6.13. The summed E-state index contributed by atoms with van der Waals surface area (Å²) in [5, 5.41) is 7.76. The number of aromatic nitrogens is 2. The van der Waals surface area contributed by atoms with E-state index in [0.717, 1.165) is 0 Å². The van der Waals surface area contributed by atoms with E-state index in [0.29, 0.717) is 5.75 Å². The lowest BCUT2D eigenvalue weighted by atomic mass is 9.87. The van der Waals surface area contributed by atoms with E-state index >= 15 is 0 Å². The van der Waals surface area contributed by atoms with Crippen molar-refractivity contribution in [3.8, 4) is 5.75 Å². The molecule has 1 aromatic carbocycles. The molecule has 0 bridgehead atoms. The Morgan fingerprint density at radius 1 is 0.955 bits per heavy atom. The highest BCUT2D eigenvalue weighted by molar-refractivity contribution is 6.29. The number of hydrogen-bond acceptors (Lipinski definition) is 4. The molecule has 4 nitrogen and oxygen atoms in total. The summed E-state index contributed by atoms with van der Waals surface area (Å²) in [6, 6.07) is 1.60. The largest absolute Gasteiger partial charge is 0.482 e. The Morgan fingerprint density at radius 3 is 2.00 bits per heavy atom. The standard InChI is InChI=1S/C17H22ClN3O/c1-8-9(2)11(4)16(12(5)10(8)3)13(6)22-14-7-15(18)20-21-17(14)19/h7,13H,1-6H3,(H2,19,21). The summed E-state index contributed by atoms with van der Waals surface area (Å²) in [4.78, 5) is 0. The maximum absolute atomic E-state index is 6.01. The fraction of sp³-hybridized carbons (Fsp3) is 0.412. The summed E-state index contributed by atoms with van der Waals surface area (Å²) in [5.74, 6) is 0.703. The SMILES string of the molecule is Cc1c(C)c(C)c(C(C)Oc2cc(Cl)nnc2N)c(C)c1C. The third-order valence-corrected chi connectivity index (χ3v) is 4.71. The molecule has 22 heavy (non-hydrogen) atoms. The van der Waals surface area contributed by atoms with Crippen molar-refractivity contribution in [2.45, 2.75) is 47.6 Å². The van der Waals surface area contributed by atoms with Gasteiger partial charge in [0.15, 0.2) is 16.7 Å². The minimum Gasteiger partial charge on any atom is -0.482 e. The molecule has 2 rings (SSSR count). The van der Waals surface area contributed by atoms with E-state index in [4.69, 9.17) is 22.1 Å². The van der Waals surface area contributed by atoms with E-state index in [2.05, 4.69) is 44.8 Å². The van der Waals surface area contributed by atoms with Gasteiger partial charge in [-0.15, -0.1) is 10.2 Å². The normalized spacial score (nSPS) is 12.3. The smallest absolute Gasteiger partial charge is 0.188 e. The Morgan fingerprint density at radius 2 is 1.45 bits per heavy atom. The molecule has 0 fully saturated rings. The zero-order chi connectivity index (χ0) is 16.6. The molecule has 0 aliphatic rings. The van der Waals surface area contributed by atoms with Gasteiger partial charge in [-0.1, -0.05) is 11.6 Å². The van der Waals surface area contributed by atoms with Crippen molar-refractivity contribution >= 4 is 17.4 Å². The van der Waals surface area contributed by atoms with E-state index in [1.54, 1.807) is 6.07 Å². The predicted molar refractivity (Wildman–Crippen MR) is 90.6 cm³/mol. The molecule has 1 atom stereocenters. The van der Waals surface area contributed by atoms with Gasteiger partial charge in [0.1, 0.15) is 6.10 Å². The Balaban J connectivity index is 2.46. The van der Waals surface area contributed by atoms with Crippen LogP contribution in [0.5, 0.6) is 5.75 Å². The Labute approximate surface area is 136 Å². The molecule has 0 aliphatic carbocycles. The van der Waals surface area contributed by atoms with E-state index in [1.807, 2.05) is 6.92 Å². The van der Waals surface area contributed by atoms with Crippen molar-refractivity contribution in [3.63, 3.8) is 0 Å². The first-order chi connectivity index (χ1) is 10.2. The van der Waals surface area contributed by atoms with Gasteiger partial charge in [-0.2, -0.15) is 0 Å². The molecular formula is C17H22ClN3O. The van der Waals surface area contributed by atoms with Crippen LogP contribution in [0.1, 0.15) is 46.4 Å². The second-order valence-electron chi connectivity index (χ2n) is 5.72. The van der Waals surface area contributed by atoms with Crippen molar-refractivity contribution in [2.75, 3.05) is 5.73 Å².